The van der Waals surface area contributed by atoms with Crippen molar-refractivity contribution >= 4 is 0 Å². The molecular formula is C13H25NO3. The van der Waals surface area contributed by atoms with E-state index < -0.39 is 5.60 Å². The van der Waals surface area contributed by atoms with Crippen molar-refractivity contribution in [3.63, 3.8) is 0 Å². The van der Waals surface area contributed by atoms with Crippen LogP contribution in [0.25, 0.3) is 0 Å². The average Bonchev–Trinajstić information content (AvgIpc) is 2.28. The lowest BCUT2D eigenvalue weighted by molar-refractivity contribution is -0.172. The van der Waals surface area contributed by atoms with Crippen molar-refractivity contribution in [2.45, 2.75) is 50.9 Å². The third-order valence-electron chi connectivity index (χ3n) is 3.60. The molecule has 0 aromatic carbocycles. The molecule has 2 fully saturated rings. The highest BCUT2D eigenvalue weighted by molar-refractivity contribution is 4.94. The second-order valence-electron chi connectivity index (χ2n) is 5.35. The molecule has 0 radical (unpaired) electrons. The van der Waals surface area contributed by atoms with Crippen LogP contribution < -0.4 is 0 Å². The SMILES string of the molecule is CCCC1(O)CN(CCOC2CCCCO2)C1. The number of aliphatic hydroxyl groups is 1. The van der Waals surface area contributed by atoms with E-state index in [9.17, 15) is 5.11 Å². The summed E-state index contributed by atoms with van der Waals surface area (Å²) in [7, 11) is 0. The molecule has 17 heavy (non-hydrogen) atoms. The highest BCUT2D eigenvalue weighted by Gasteiger charge is 2.39. The van der Waals surface area contributed by atoms with Crippen LogP contribution in [-0.4, -0.2) is 54.7 Å². The van der Waals surface area contributed by atoms with Gasteiger partial charge in [0.15, 0.2) is 6.29 Å². The zero-order valence-electron chi connectivity index (χ0n) is 10.9. The molecule has 0 saturated carbocycles. The zero-order chi connectivity index (χ0) is 12.1. The summed E-state index contributed by atoms with van der Waals surface area (Å²) in [5, 5.41) is 10.0. The molecule has 2 aliphatic heterocycles. The second-order valence-corrected chi connectivity index (χ2v) is 5.35. The fourth-order valence-corrected chi connectivity index (χ4v) is 2.72. The van der Waals surface area contributed by atoms with Gasteiger partial charge in [-0.15, -0.1) is 0 Å². The third kappa shape index (κ3) is 3.91. The first-order chi connectivity index (χ1) is 8.22. The molecular weight excluding hydrogens is 218 g/mol. The first-order valence-electron chi connectivity index (χ1n) is 6.90. The van der Waals surface area contributed by atoms with E-state index in [0.29, 0.717) is 6.61 Å². The zero-order valence-corrected chi connectivity index (χ0v) is 10.9. The maximum absolute atomic E-state index is 10.0. The van der Waals surface area contributed by atoms with Crippen molar-refractivity contribution in [1.82, 2.24) is 4.90 Å². The number of ether oxygens (including phenoxy) is 2. The quantitative estimate of drug-likeness (QED) is 0.765. The van der Waals surface area contributed by atoms with Gasteiger partial charge < -0.3 is 14.6 Å². The lowest BCUT2D eigenvalue weighted by atomic mass is 9.89. The Morgan fingerprint density at radius 1 is 1.41 bits per heavy atom. The maximum atomic E-state index is 10.0. The molecule has 1 unspecified atom stereocenters. The third-order valence-corrected chi connectivity index (χ3v) is 3.60. The molecule has 2 heterocycles. The van der Waals surface area contributed by atoms with Gasteiger partial charge in [-0.05, 0) is 25.7 Å². The normalized spacial score (nSPS) is 28.9. The van der Waals surface area contributed by atoms with Crippen LogP contribution in [0.3, 0.4) is 0 Å². The van der Waals surface area contributed by atoms with Gasteiger partial charge in [-0.25, -0.2) is 0 Å². The number of hydrogen-bond donors (Lipinski definition) is 1. The molecule has 2 saturated heterocycles. The number of rotatable bonds is 6. The molecule has 1 N–H and O–H groups in total. The van der Waals surface area contributed by atoms with Gasteiger partial charge in [0.05, 0.1) is 12.2 Å². The van der Waals surface area contributed by atoms with Crippen molar-refractivity contribution in [3.8, 4) is 0 Å². The molecule has 100 valence electrons. The molecule has 0 aliphatic carbocycles. The van der Waals surface area contributed by atoms with Crippen LogP contribution in [-0.2, 0) is 9.47 Å². The topological polar surface area (TPSA) is 41.9 Å². The predicted octanol–water partition coefficient (Wildman–Crippen LogP) is 1.38. The Hall–Kier alpha value is -0.160. The summed E-state index contributed by atoms with van der Waals surface area (Å²) in [5.41, 5.74) is -0.421. The van der Waals surface area contributed by atoms with Gasteiger partial charge >= 0.3 is 0 Å². The van der Waals surface area contributed by atoms with Crippen LogP contribution in [0.15, 0.2) is 0 Å². The first-order valence-corrected chi connectivity index (χ1v) is 6.90. The Bertz CT molecular complexity index is 223. The van der Waals surface area contributed by atoms with E-state index in [1.165, 1.54) is 6.42 Å². The van der Waals surface area contributed by atoms with Gasteiger partial charge in [0.25, 0.3) is 0 Å². The van der Waals surface area contributed by atoms with Gasteiger partial charge in [0.2, 0.25) is 0 Å². The van der Waals surface area contributed by atoms with Crippen molar-refractivity contribution < 1.29 is 14.6 Å². The van der Waals surface area contributed by atoms with Crippen LogP contribution in [0.5, 0.6) is 0 Å². The van der Waals surface area contributed by atoms with E-state index in [0.717, 1.165) is 51.9 Å². The van der Waals surface area contributed by atoms with E-state index in [2.05, 4.69) is 11.8 Å². The Morgan fingerprint density at radius 3 is 2.88 bits per heavy atom. The van der Waals surface area contributed by atoms with Gasteiger partial charge in [-0.1, -0.05) is 13.3 Å². The van der Waals surface area contributed by atoms with Crippen molar-refractivity contribution in [2.24, 2.45) is 0 Å². The number of nitrogens with zero attached hydrogens (tertiary/aromatic N) is 1. The number of β-amino-alcohol motifs (C(OH)–C–C–N with tert-alkyl or cyclic N) is 1. The molecule has 0 bridgehead atoms. The van der Waals surface area contributed by atoms with Crippen molar-refractivity contribution in [3.05, 3.63) is 0 Å². The standard InChI is InChI=1S/C13H25NO3/c1-2-6-13(15)10-14(11-13)7-9-17-12-5-3-4-8-16-12/h12,15H,2-11H2,1H3. The summed E-state index contributed by atoms with van der Waals surface area (Å²) < 4.78 is 11.2. The highest BCUT2D eigenvalue weighted by atomic mass is 16.7. The van der Waals surface area contributed by atoms with Gasteiger partial charge in [0, 0.05) is 26.2 Å². The van der Waals surface area contributed by atoms with Crippen LogP contribution in [0.4, 0.5) is 0 Å². The van der Waals surface area contributed by atoms with Crippen LogP contribution >= 0.6 is 0 Å². The Kier molecular flexibility index (Phi) is 4.79. The lowest BCUT2D eigenvalue weighted by Crippen LogP contribution is -2.62. The summed E-state index contributed by atoms with van der Waals surface area (Å²) in [6.45, 7) is 6.18. The summed E-state index contributed by atoms with van der Waals surface area (Å²) >= 11 is 0. The Balaban J connectivity index is 1.52. The average molecular weight is 243 g/mol. The maximum Gasteiger partial charge on any atom is 0.157 e. The predicted molar refractivity (Wildman–Crippen MR) is 65.8 cm³/mol. The Labute approximate surface area is 104 Å². The first kappa shape index (κ1) is 13.3. The molecule has 1 atom stereocenters. The monoisotopic (exact) mass is 243 g/mol. The van der Waals surface area contributed by atoms with Gasteiger partial charge in [0.1, 0.15) is 0 Å². The van der Waals surface area contributed by atoms with E-state index >= 15 is 0 Å². The van der Waals surface area contributed by atoms with Crippen LogP contribution in [0.1, 0.15) is 39.0 Å². The molecule has 0 amide bonds. The highest BCUT2D eigenvalue weighted by Crippen LogP contribution is 2.25. The van der Waals surface area contributed by atoms with Gasteiger partial charge in [-0.2, -0.15) is 0 Å². The number of likely N-dealkylation sites (tertiary alicyclic amines) is 1. The summed E-state index contributed by atoms with van der Waals surface area (Å²) in [6, 6.07) is 0. The molecule has 4 heteroatoms. The second kappa shape index (κ2) is 6.14. The summed E-state index contributed by atoms with van der Waals surface area (Å²) in [4.78, 5) is 2.25. The smallest absolute Gasteiger partial charge is 0.157 e. The molecule has 0 spiro atoms. The van der Waals surface area contributed by atoms with E-state index in [1.807, 2.05) is 0 Å². The summed E-state index contributed by atoms with van der Waals surface area (Å²) in [6.07, 6.45) is 5.38. The Morgan fingerprint density at radius 2 is 2.24 bits per heavy atom. The van der Waals surface area contributed by atoms with E-state index in [1.54, 1.807) is 0 Å². The fraction of sp³-hybridized carbons (Fsp3) is 1.00. The van der Waals surface area contributed by atoms with Crippen LogP contribution in [0, 0.1) is 0 Å². The van der Waals surface area contributed by atoms with E-state index in [4.69, 9.17) is 9.47 Å². The minimum absolute atomic E-state index is 0.0135. The lowest BCUT2D eigenvalue weighted by Gasteiger charge is -2.46. The minimum atomic E-state index is -0.421. The molecule has 2 aliphatic rings. The molecule has 4 nitrogen and oxygen atoms in total. The fourth-order valence-electron chi connectivity index (χ4n) is 2.72. The van der Waals surface area contributed by atoms with Crippen molar-refractivity contribution in [1.29, 1.82) is 0 Å². The molecule has 0 aromatic rings. The molecule has 2 rings (SSSR count). The molecule has 0 aromatic heterocycles. The van der Waals surface area contributed by atoms with Crippen LogP contribution in [0.2, 0.25) is 0 Å². The van der Waals surface area contributed by atoms with E-state index in [-0.39, 0.29) is 6.29 Å². The largest absolute Gasteiger partial charge is 0.387 e. The van der Waals surface area contributed by atoms with Gasteiger partial charge in [-0.3, -0.25) is 4.90 Å². The summed E-state index contributed by atoms with van der Waals surface area (Å²) in [5.74, 6) is 0. The number of hydrogen-bond acceptors (Lipinski definition) is 4. The van der Waals surface area contributed by atoms with Crippen molar-refractivity contribution in [2.75, 3.05) is 32.8 Å². The minimum Gasteiger partial charge on any atom is -0.387 e.